The van der Waals surface area contributed by atoms with Gasteiger partial charge < -0.3 is 14.4 Å². The van der Waals surface area contributed by atoms with Crippen molar-refractivity contribution < 1.29 is 37.1 Å². The molecule has 0 aromatic heterocycles. The van der Waals surface area contributed by atoms with Crippen molar-refractivity contribution in [3.63, 3.8) is 0 Å². The number of likely N-dealkylation sites (tertiary alicyclic amines) is 1. The van der Waals surface area contributed by atoms with Crippen molar-refractivity contribution in [1.82, 2.24) is 14.7 Å². The molecule has 3 aliphatic rings. The Morgan fingerprint density at radius 2 is 1.77 bits per heavy atom. The topological polar surface area (TPSA) is 125 Å². The number of carbonyl (C=O) groups is 2. The number of piperidine rings is 2. The summed E-state index contributed by atoms with van der Waals surface area (Å²) in [6.45, 7) is 1.76. The molecule has 4 rings (SSSR count). The van der Waals surface area contributed by atoms with Crippen LogP contribution in [0.15, 0.2) is 24.3 Å². The smallest absolute Gasteiger partial charge is 0.410 e. The molecule has 12 heteroatoms. The molecule has 0 bridgehead atoms. The molecule has 3 heterocycles. The minimum absolute atomic E-state index is 0.0843. The number of rotatable bonds is 6. The quantitative estimate of drug-likeness (QED) is 0.439. The average molecular weight is 514 g/mol. The lowest BCUT2D eigenvalue weighted by molar-refractivity contribution is -0.141. The Hall–Kier alpha value is -2.28. The lowest BCUT2D eigenvalue weighted by atomic mass is 9.79. The van der Waals surface area contributed by atoms with E-state index in [-0.39, 0.29) is 43.8 Å². The van der Waals surface area contributed by atoms with Gasteiger partial charge in [0.05, 0.1) is 24.4 Å². The molecule has 1 aromatic carbocycles. The molecular formula is C23H32FN3O7S. The summed E-state index contributed by atoms with van der Waals surface area (Å²) >= 11 is 0. The molecule has 1 atom stereocenters. The van der Waals surface area contributed by atoms with Gasteiger partial charge in [0.2, 0.25) is 10.0 Å². The first-order valence-electron chi connectivity index (χ1n) is 11.9. The van der Waals surface area contributed by atoms with Crippen molar-refractivity contribution >= 4 is 22.0 Å². The molecule has 3 fully saturated rings. The summed E-state index contributed by atoms with van der Waals surface area (Å²) in [6.07, 6.45) is 1.18. The summed E-state index contributed by atoms with van der Waals surface area (Å²) < 4.78 is 51.8. The van der Waals surface area contributed by atoms with E-state index in [2.05, 4.69) is 0 Å². The number of halogens is 1. The van der Waals surface area contributed by atoms with Crippen LogP contribution in [0.3, 0.4) is 0 Å². The van der Waals surface area contributed by atoms with Crippen LogP contribution in [0.5, 0.6) is 0 Å². The predicted octanol–water partition coefficient (Wildman–Crippen LogP) is 1.85. The van der Waals surface area contributed by atoms with Gasteiger partial charge in [-0.2, -0.15) is 0 Å². The van der Waals surface area contributed by atoms with Crippen molar-refractivity contribution in [1.29, 1.82) is 0 Å². The van der Waals surface area contributed by atoms with Gasteiger partial charge in [0.25, 0.3) is 5.91 Å². The molecule has 0 radical (unpaired) electrons. The van der Waals surface area contributed by atoms with Gasteiger partial charge in [-0.15, -0.1) is 0 Å². The van der Waals surface area contributed by atoms with Gasteiger partial charge >= 0.3 is 6.09 Å². The van der Waals surface area contributed by atoms with Crippen LogP contribution in [0.2, 0.25) is 0 Å². The number of sulfonamides is 1. The summed E-state index contributed by atoms with van der Waals surface area (Å²) in [6, 6.07) is 6.26. The van der Waals surface area contributed by atoms with E-state index in [0.717, 1.165) is 5.56 Å². The van der Waals surface area contributed by atoms with Crippen LogP contribution in [0.1, 0.15) is 43.6 Å². The molecule has 3 aliphatic heterocycles. The zero-order valence-electron chi connectivity index (χ0n) is 19.5. The molecule has 0 aliphatic carbocycles. The maximum atomic E-state index is 13.3. The summed E-state index contributed by atoms with van der Waals surface area (Å²) in [5, 5.41) is 9.35. The molecule has 3 saturated heterocycles. The first-order chi connectivity index (χ1) is 16.7. The van der Waals surface area contributed by atoms with E-state index in [1.807, 2.05) is 0 Å². The monoisotopic (exact) mass is 513 g/mol. The van der Waals surface area contributed by atoms with Crippen molar-refractivity contribution in [2.75, 3.05) is 45.1 Å². The number of hydrogen-bond acceptors (Lipinski definition) is 7. The first kappa shape index (κ1) is 25.8. The molecular weight excluding hydrogens is 481 g/mol. The number of benzene rings is 1. The number of carbonyl (C=O) groups excluding carboxylic acids is 2. The van der Waals surface area contributed by atoms with Crippen molar-refractivity contribution in [2.45, 2.75) is 44.1 Å². The molecule has 2 amide bonds. The molecule has 10 nitrogen and oxygen atoms in total. The molecule has 1 aromatic rings. The Labute approximate surface area is 204 Å². The summed E-state index contributed by atoms with van der Waals surface area (Å²) in [5.41, 5.74) is 1.26. The summed E-state index contributed by atoms with van der Waals surface area (Å²) in [7, 11) is -3.82. The second kappa shape index (κ2) is 10.8. The highest BCUT2D eigenvalue weighted by Gasteiger charge is 2.47. The Morgan fingerprint density at radius 3 is 2.34 bits per heavy atom. The van der Waals surface area contributed by atoms with Gasteiger partial charge in [0, 0.05) is 32.6 Å². The lowest BCUT2D eigenvalue weighted by Gasteiger charge is -2.41. The Morgan fingerprint density at radius 1 is 1.11 bits per heavy atom. The van der Waals surface area contributed by atoms with Crippen molar-refractivity contribution in [3.8, 4) is 0 Å². The third kappa shape index (κ3) is 5.93. The second-order valence-electron chi connectivity index (χ2n) is 9.56. The largest absolute Gasteiger partial charge is 0.444 e. The lowest BCUT2D eigenvalue weighted by Crippen LogP contribution is -2.55. The average Bonchev–Trinajstić information content (AvgIpc) is 3.37. The van der Waals surface area contributed by atoms with Gasteiger partial charge in [0.1, 0.15) is 11.9 Å². The predicted molar refractivity (Wildman–Crippen MR) is 123 cm³/mol. The standard InChI is InChI=1S/C23H32FN3O7S/c24-19-3-1-17(2-4-19)18-5-10-27(11-6-18)35(31,32)16-23(21(28)25-30)8-12-26(13-9-23)22(29)34-20-7-14-33-15-20/h1-4,18,20,30H,5-16H2,(H,25,28)/t20-/m0/s1. The molecule has 35 heavy (non-hydrogen) atoms. The Bertz CT molecular complexity index is 998. The second-order valence-corrected chi connectivity index (χ2v) is 11.5. The van der Waals surface area contributed by atoms with E-state index in [1.54, 1.807) is 17.6 Å². The Balaban J connectivity index is 1.37. The van der Waals surface area contributed by atoms with Crippen LogP contribution in [0.25, 0.3) is 0 Å². The third-order valence-corrected chi connectivity index (χ3v) is 9.43. The molecule has 0 unspecified atom stereocenters. The molecule has 194 valence electrons. The van der Waals surface area contributed by atoms with Gasteiger partial charge in [-0.1, -0.05) is 12.1 Å². The van der Waals surface area contributed by atoms with Gasteiger partial charge in [-0.3, -0.25) is 10.0 Å². The van der Waals surface area contributed by atoms with Gasteiger partial charge in [-0.05, 0) is 49.3 Å². The fourth-order valence-electron chi connectivity index (χ4n) is 5.14. The zero-order chi connectivity index (χ0) is 25.1. The van der Waals surface area contributed by atoms with E-state index in [0.29, 0.717) is 45.6 Å². The zero-order valence-corrected chi connectivity index (χ0v) is 20.3. The number of amides is 2. The van der Waals surface area contributed by atoms with Crippen LogP contribution in [-0.4, -0.2) is 86.1 Å². The highest BCUT2D eigenvalue weighted by atomic mass is 32.2. The maximum absolute atomic E-state index is 13.3. The first-order valence-corrected chi connectivity index (χ1v) is 13.5. The fourth-order valence-corrected chi connectivity index (χ4v) is 7.21. The number of hydrogen-bond donors (Lipinski definition) is 2. The van der Waals surface area contributed by atoms with Crippen LogP contribution < -0.4 is 5.48 Å². The fraction of sp³-hybridized carbons (Fsp3) is 0.652. The minimum Gasteiger partial charge on any atom is -0.444 e. The van der Waals surface area contributed by atoms with Crippen LogP contribution >= 0.6 is 0 Å². The van der Waals surface area contributed by atoms with Crippen molar-refractivity contribution in [2.24, 2.45) is 5.41 Å². The van der Waals surface area contributed by atoms with Crippen LogP contribution in [0, 0.1) is 11.2 Å². The van der Waals surface area contributed by atoms with Gasteiger partial charge in [-0.25, -0.2) is 27.4 Å². The summed E-state index contributed by atoms with van der Waals surface area (Å²) in [4.78, 5) is 26.6. The van der Waals surface area contributed by atoms with Crippen LogP contribution in [0.4, 0.5) is 9.18 Å². The number of nitrogens with zero attached hydrogens (tertiary/aromatic N) is 2. The van der Waals surface area contributed by atoms with E-state index >= 15 is 0 Å². The van der Waals surface area contributed by atoms with E-state index in [9.17, 15) is 27.6 Å². The molecule has 0 saturated carbocycles. The van der Waals surface area contributed by atoms with E-state index in [1.165, 1.54) is 21.3 Å². The number of nitrogens with one attached hydrogen (secondary N) is 1. The molecule has 0 spiro atoms. The SMILES string of the molecule is O=C(O[C@H]1CCOC1)N1CCC(CS(=O)(=O)N2CCC(c3ccc(F)cc3)CC2)(C(=O)NO)CC1. The number of hydroxylamine groups is 1. The highest BCUT2D eigenvalue weighted by Crippen LogP contribution is 2.36. The number of ether oxygens (including phenoxy) is 2. The van der Waals surface area contributed by atoms with E-state index < -0.39 is 33.2 Å². The van der Waals surface area contributed by atoms with E-state index in [4.69, 9.17) is 9.47 Å². The molecule has 2 N–H and O–H groups in total. The van der Waals surface area contributed by atoms with Crippen LogP contribution in [-0.2, 0) is 24.3 Å². The summed E-state index contributed by atoms with van der Waals surface area (Å²) in [5.74, 6) is -1.39. The maximum Gasteiger partial charge on any atom is 0.410 e. The normalized spacial score (nSPS) is 23.7. The van der Waals surface area contributed by atoms with Crippen molar-refractivity contribution in [3.05, 3.63) is 35.6 Å². The third-order valence-electron chi connectivity index (χ3n) is 7.36. The van der Waals surface area contributed by atoms with Gasteiger partial charge in [0.15, 0.2) is 0 Å². The highest BCUT2D eigenvalue weighted by molar-refractivity contribution is 7.89. The Kier molecular flexibility index (Phi) is 7.94. The minimum atomic E-state index is -3.82.